The van der Waals surface area contributed by atoms with Crippen LogP contribution in [0.2, 0.25) is 0 Å². The zero-order valence-electron chi connectivity index (χ0n) is 5.96. The quantitative estimate of drug-likeness (QED) is 0.612. The van der Waals surface area contributed by atoms with E-state index >= 15 is 0 Å². The molecular weight excluding hydrogens is 151 g/mol. The monoisotopic (exact) mass is 158 g/mol. The third-order valence-corrected chi connectivity index (χ3v) is 1.12. The number of carbonyl (C=O) groups excluding carboxylic acids is 1. The zero-order chi connectivity index (χ0) is 8.27. The molecule has 1 aromatic heterocycles. The Labute approximate surface area is 62.8 Å². The second-order valence-electron chi connectivity index (χ2n) is 2.03. The molecule has 0 bridgehead atoms. The van der Waals surface area contributed by atoms with Gasteiger partial charge in [-0.05, 0) is 0 Å². The van der Waals surface area contributed by atoms with Crippen molar-refractivity contribution >= 4 is 5.97 Å². The summed E-state index contributed by atoms with van der Waals surface area (Å²) in [4.78, 5) is 10.3. The van der Waals surface area contributed by atoms with Crippen molar-refractivity contribution in [1.82, 2.24) is 0 Å². The molecule has 3 nitrogen and oxygen atoms in total. The summed E-state index contributed by atoms with van der Waals surface area (Å²) in [6.45, 7) is 1.19. The highest BCUT2D eigenvalue weighted by Crippen LogP contribution is 2.08. The van der Waals surface area contributed by atoms with Crippen molar-refractivity contribution in [3.8, 4) is 0 Å². The first-order valence-electron chi connectivity index (χ1n) is 3.04. The lowest BCUT2D eigenvalue weighted by atomic mass is 10.3. The molecule has 0 aliphatic heterocycles. The highest BCUT2D eigenvalue weighted by atomic mass is 19.1. The van der Waals surface area contributed by atoms with Crippen LogP contribution < -0.4 is 0 Å². The fourth-order valence-corrected chi connectivity index (χ4v) is 0.590. The van der Waals surface area contributed by atoms with Crippen LogP contribution in [0.15, 0.2) is 16.9 Å². The number of carbonyl (C=O) groups is 1. The summed E-state index contributed by atoms with van der Waals surface area (Å²) in [6, 6.07) is 0. The second-order valence-corrected chi connectivity index (χ2v) is 2.03. The van der Waals surface area contributed by atoms with E-state index in [0.717, 1.165) is 6.26 Å². The molecule has 0 N–H and O–H groups in total. The molecule has 11 heavy (non-hydrogen) atoms. The smallest absolute Gasteiger partial charge is 0.302 e. The fourth-order valence-electron chi connectivity index (χ4n) is 0.590. The Morgan fingerprint density at radius 2 is 2.45 bits per heavy atom. The van der Waals surface area contributed by atoms with Crippen LogP contribution in [0.5, 0.6) is 0 Å². The lowest BCUT2D eigenvalue weighted by Gasteiger charge is -1.96. The van der Waals surface area contributed by atoms with Gasteiger partial charge in [0.15, 0.2) is 5.82 Å². The van der Waals surface area contributed by atoms with Gasteiger partial charge in [0.25, 0.3) is 0 Å². The number of hydrogen-bond donors (Lipinski definition) is 0. The maximum absolute atomic E-state index is 12.5. The Kier molecular flexibility index (Phi) is 2.25. The van der Waals surface area contributed by atoms with Gasteiger partial charge in [-0.15, -0.1) is 0 Å². The molecule has 0 saturated carbocycles. The van der Waals surface area contributed by atoms with E-state index < -0.39 is 11.8 Å². The van der Waals surface area contributed by atoms with E-state index in [1.165, 1.54) is 13.2 Å². The molecule has 1 aromatic rings. The topological polar surface area (TPSA) is 39.4 Å². The molecule has 0 radical (unpaired) electrons. The largest absolute Gasteiger partial charge is 0.469 e. The summed E-state index contributed by atoms with van der Waals surface area (Å²) in [7, 11) is 0. The Hall–Kier alpha value is -1.32. The average molecular weight is 158 g/mol. The number of rotatable bonds is 2. The van der Waals surface area contributed by atoms with Gasteiger partial charge < -0.3 is 9.15 Å². The van der Waals surface area contributed by atoms with Gasteiger partial charge in [-0.2, -0.15) is 0 Å². The number of furan rings is 1. The van der Waals surface area contributed by atoms with Crippen LogP contribution in [0.1, 0.15) is 12.5 Å². The lowest BCUT2D eigenvalue weighted by Crippen LogP contribution is -1.98. The van der Waals surface area contributed by atoms with E-state index in [2.05, 4.69) is 9.15 Å². The third-order valence-electron chi connectivity index (χ3n) is 1.12. The Morgan fingerprint density at radius 1 is 1.73 bits per heavy atom. The third kappa shape index (κ3) is 2.07. The molecule has 4 heteroatoms. The van der Waals surface area contributed by atoms with Gasteiger partial charge in [0.05, 0.1) is 11.8 Å². The minimum atomic E-state index is -0.494. The summed E-state index contributed by atoms with van der Waals surface area (Å²) in [5, 5.41) is 0. The lowest BCUT2D eigenvalue weighted by molar-refractivity contribution is -0.142. The molecule has 0 atom stereocenters. The number of ether oxygens (including phenoxy) is 1. The van der Waals surface area contributed by atoms with Gasteiger partial charge in [0.1, 0.15) is 12.9 Å². The van der Waals surface area contributed by atoms with Gasteiger partial charge in [-0.25, -0.2) is 4.39 Å². The normalized spacial score (nSPS) is 9.64. The molecule has 0 spiro atoms. The predicted molar refractivity (Wildman–Crippen MR) is 34.1 cm³/mol. The van der Waals surface area contributed by atoms with Crippen LogP contribution in [0.3, 0.4) is 0 Å². The molecular formula is C7H7FO3. The first-order valence-corrected chi connectivity index (χ1v) is 3.04. The highest BCUT2D eigenvalue weighted by molar-refractivity contribution is 5.65. The summed E-state index contributed by atoms with van der Waals surface area (Å²) >= 11 is 0. The summed E-state index contributed by atoms with van der Waals surface area (Å²) < 4.78 is 21.6. The molecule has 0 fully saturated rings. The molecule has 0 aliphatic rings. The summed E-state index contributed by atoms with van der Waals surface area (Å²) in [6.07, 6.45) is 2.16. The molecule has 0 amide bonds. The van der Waals surface area contributed by atoms with Crippen molar-refractivity contribution in [2.24, 2.45) is 0 Å². The van der Waals surface area contributed by atoms with E-state index in [1.54, 1.807) is 0 Å². The molecule has 60 valence electrons. The molecule has 1 heterocycles. The first-order chi connectivity index (χ1) is 5.20. The number of halogens is 1. The average Bonchev–Trinajstić information content (AvgIpc) is 2.31. The van der Waals surface area contributed by atoms with Crippen molar-refractivity contribution < 1.29 is 18.3 Å². The molecule has 0 aliphatic carbocycles. The van der Waals surface area contributed by atoms with Crippen molar-refractivity contribution in [3.63, 3.8) is 0 Å². The maximum atomic E-state index is 12.5. The van der Waals surface area contributed by atoms with Crippen LogP contribution in [0.4, 0.5) is 4.39 Å². The Bertz CT molecular complexity index is 254. The minimum Gasteiger partial charge on any atom is -0.469 e. The summed E-state index contributed by atoms with van der Waals surface area (Å²) in [5.41, 5.74) is 0.250. The van der Waals surface area contributed by atoms with E-state index in [4.69, 9.17) is 0 Å². The van der Waals surface area contributed by atoms with Crippen LogP contribution in [0, 0.1) is 5.82 Å². The second kappa shape index (κ2) is 3.18. The van der Waals surface area contributed by atoms with Gasteiger partial charge in [-0.3, -0.25) is 4.79 Å². The van der Waals surface area contributed by atoms with Crippen LogP contribution in [-0.4, -0.2) is 5.97 Å². The first kappa shape index (κ1) is 7.78. The zero-order valence-corrected chi connectivity index (χ0v) is 5.96. The number of esters is 1. The minimum absolute atomic E-state index is 0.0718. The standard InChI is InChI=1S/C7H7FO3/c1-5(9)11-3-6-2-10-4-7(6)8/h2,4H,3H2,1H3. The van der Waals surface area contributed by atoms with Gasteiger partial charge in [0, 0.05) is 6.92 Å². The predicted octanol–water partition coefficient (Wildman–Crippen LogP) is 1.48. The highest BCUT2D eigenvalue weighted by Gasteiger charge is 2.04. The summed E-state index contributed by atoms with van der Waals surface area (Å²) in [5.74, 6) is -0.933. The van der Waals surface area contributed by atoms with Crippen molar-refractivity contribution in [3.05, 3.63) is 23.9 Å². The van der Waals surface area contributed by atoms with Crippen LogP contribution in [-0.2, 0) is 16.1 Å². The van der Waals surface area contributed by atoms with Gasteiger partial charge in [-0.1, -0.05) is 0 Å². The van der Waals surface area contributed by atoms with E-state index in [9.17, 15) is 9.18 Å². The molecule has 0 saturated heterocycles. The fraction of sp³-hybridized carbons (Fsp3) is 0.286. The Morgan fingerprint density at radius 3 is 2.91 bits per heavy atom. The Balaban J connectivity index is 2.51. The number of hydrogen-bond acceptors (Lipinski definition) is 3. The molecule has 0 aromatic carbocycles. The van der Waals surface area contributed by atoms with Crippen molar-refractivity contribution in [1.29, 1.82) is 0 Å². The van der Waals surface area contributed by atoms with Crippen molar-refractivity contribution in [2.45, 2.75) is 13.5 Å². The van der Waals surface area contributed by atoms with Gasteiger partial charge >= 0.3 is 5.97 Å². The SMILES string of the molecule is CC(=O)OCc1cocc1F. The maximum Gasteiger partial charge on any atom is 0.302 e. The van der Waals surface area contributed by atoms with E-state index in [1.807, 2.05) is 0 Å². The van der Waals surface area contributed by atoms with Crippen LogP contribution in [0.25, 0.3) is 0 Å². The van der Waals surface area contributed by atoms with E-state index in [-0.39, 0.29) is 12.2 Å². The van der Waals surface area contributed by atoms with Gasteiger partial charge in [0.2, 0.25) is 0 Å². The molecule has 1 rings (SSSR count). The molecule has 0 unspecified atom stereocenters. The van der Waals surface area contributed by atoms with Crippen LogP contribution >= 0.6 is 0 Å². The van der Waals surface area contributed by atoms with Crippen molar-refractivity contribution in [2.75, 3.05) is 0 Å². The van der Waals surface area contributed by atoms with E-state index in [0.29, 0.717) is 0 Å².